The van der Waals surface area contributed by atoms with Crippen LogP contribution in [0.25, 0.3) is 0 Å². The van der Waals surface area contributed by atoms with Gasteiger partial charge in [0, 0.05) is 38.5 Å². The van der Waals surface area contributed by atoms with Crippen LogP contribution in [0.4, 0.5) is 5.69 Å². The summed E-state index contributed by atoms with van der Waals surface area (Å²) >= 11 is 0. The van der Waals surface area contributed by atoms with Gasteiger partial charge in [0.25, 0.3) is 0 Å². The third-order valence-electron chi connectivity index (χ3n) is 5.53. The molecular formula is C20H30N5O3S+. The van der Waals surface area contributed by atoms with Crippen molar-refractivity contribution >= 4 is 21.6 Å². The van der Waals surface area contributed by atoms with Crippen LogP contribution in [-0.2, 0) is 21.5 Å². The molecule has 8 nitrogen and oxygen atoms in total. The lowest BCUT2D eigenvalue weighted by Gasteiger charge is -2.28. The Bertz CT molecular complexity index is 962. The molecule has 1 aromatic carbocycles. The molecule has 1 aromatic heterocycles. The largest absolute Gasteiger partial charge is 0.326 e. The van der Waals surface area contributed by atoms with Crippen molar-refractivity contribution in [2.75, 3.05) is 32.5 Å². The zero-order valence-corrected chi connectivity index (χ0v) is 18.3. The van der Waals surface area contributed by atoms with E-state index < -0.39 is 10.0 Å². The Hall–Kier alpha value is -2.23. The average molecular weight is 421 g/mol. The maximum Gasteiger partial charge on any atom is 0.246 e. The second kappa shape index (κ2) is 8.64. The lowest BCUT2D eigenvalue weighted by Crippen LogP contribution is -3.12. The van der Waals surface area contributed by atoms with Crippen LogP contribution in [0.5, 0.6) is 0 Å². The van der Waals surface area contributed by atoms with Gasteiger partial charge in [-0.2, -0.15) is 5.10 Å². The molecule has 1 saturated heterocycles. The van der Waals surface area contributed by atoms with Crippen LogP contribution in [0.15, 0.2) is 35.2 Å². The van der Waals surface area contributed by atoms with Gasteiger partial charge in [-0.1, -0.05) is 18.2 Å². The van der Waals surface area contributed by atoms with Gasteiger partial charge < -0.3 is 10.2 Å². The van der Waals surface area contributed by atoms with Gasteiger partial charge >= 0.3 is 0 Å². The SMILES string of the molecule is Cc1nn(C[NH+]2CCC(C(=O)Nc3ccccc3)CC2)c(C)c1S(=O)(=O)N(C)C. The molecule has 1 aliphatic rings. The van der Waals surface area contributed by atoms with Gasteiger partial charge in [-0.15, -0.1) is 0 Å². The molecule has 158 valence electrons. The Labute approximate surface area is 172 Å². The van der Waals surface area contributed by atoms with Gasteiger partial charge in [-0.25, -0.2) is 17.4 Å². The number of nitrogens with one attached hydrogen (secondary N) is 2. The van der Waals surface area contributed by atoms with Gasteiger partial charge in [-0.05, 0) is 26.0 Å². The van der Waals surface area contributed by atoms with Gasteiger partial charge in [-0.3, -0.25) is 4.79 Å². The van der Waals surface area contributed by atoms with E-state index >= 15 is 0 Å². The number of sulfonamides is 1. The molecule has 2 heterocycles. The number of anilines is 1. The molecule has 1 fully saturated rings. The Morgan fingerprint density at radius 1 is 1.21 bits per heavy atom. The highest BCUT2D eigenvalue weighted by atomic mass is 32.2. The zero-order valence-electron chi connectivity index (χ0n) is 17.5. The van der Waals surface area contributed by atoms with Crippen LogP contribution in [0.1, 0.15) is 24.2 Å². The Morgan fingerprint density at radius 2 is 1.83 bits per heavy atom. The van der Waals surface area contributed by atoms with Crippen molar-refractivity contribution in [1.82, 2.24) is 14.1 Å². The van der Waals surface area contributed by atoms with E-state index in [-0.39, 0.29) is 11.8 Å². The third-order valence-corrected chi connectivity index (χ3v) is 7.60. The predicted molar refractivity (Wildman–Crippen MR) is 111 cm³/mol. The zero-order chi connectivity index (χ0) is 21.2. The van der Waals surface area contributed by atoms with Gasteiger partial charge in [0.15, 0.2) is 6.67 Å². The number of piperidine rings is 1. The summed E-state index contributed by atoms with van der Waals surface area (Å²) in [6.45, 7) is 5.83. The van der Waals surface area contributed by atoms with Crippen molar-refractivity contribution in [3.63, 3.8) is 0 Å². The fourth-order valence-electron chi connectivity index (χ4n) is 3.81. The fraction of sp³-hybridized carbons (Fsp3) is 0.500. The summed E-state index contributed by atoms with van der Waals surface area (Å²) in [6, 6.07) is 9.51. The minimum absolute atomic E-state index is 0.00379. The molecule has 0 spiro atoms. The third kappa shape index (κ3) is 4.68. The number of carbonyl (C=O) groups excluding carboxylic acids is 1. The van der Waals surface area contributed by atoms with Crippen molar-refractivity contribution in [3.05, 3.63) is 41.7 Å². The number of aromatic nitrogens is 2. The summed E-state index contributed by atoms with van der Waals surface area (Å²) < 4.78 is 28.1. The minimum atomic E-state index is -3.52. The molecule has 1 aliphatic heterocycles. The topological polar surface area (TPSA) is 88.7 Å². The highest BCUT2D eigenvalue weighted by Crippen LogP contribution is 2.21. The molecule has 29 heavy (non-hydrogen) atoms. The smallest absolute Gasteiger partial charge is 0.246 e. The number of nitrogens with zero attached hydrogens (tertiary/aromatic N) is 3. The highest BCUT2D eigenvalue weighted by molar-refractivity contribution is 7.89. The molecule has 2 aromatic rings. The molecule has 3 rings (SSSR count). The number of hydrogen-bond donors (Lipinski definition) is 2. The lowest BCUT2D eigenvalue weighted by molar-refractivity contribution is -0.928. The number of amides is 1. The van der Waals surface area contributed by atoms with Crippen LogP contribution in [-0.4, -0.2) is 55.6 Å². The number of rotatable bonds is 6. The van der Waals surface area contributed by atoms with Crippen LogP contribution < -0.4 is 10.2 Å². The number of likely N-dealkylation sites (tertiary alicyclic amines) is 1. The van der Waals surface area contributed by atoms with Gasteiger partial charge in [0.05, 0.1) is 24.5 Å². The molecular weight excluding hydrogens is 390 g/mol. The molecule has 9 heteroatoms. The first kappa shape index (κ1) is 21.5. The van der Waals surface area contributed by atoms with Crippen molar-refractivity contribution in [2.24, 2.45) is 5.92 Å². The van der Waals surface area contributed by atoms with Crippen molar-refractivity contribution in [2.45, 2.75) is 38.3 Å². The maximum atomic E-state index is 12.6. The second-order valence-corrected chi connectivity index (χ2v) is 9.91. The number of para-hydroxylation sites is 1. The van der Waals surface area contributed by atoms with Crippen LogP contribution >= 0.6 is 0 Å². The first-order chi connectivity index (χ1) is 13.7. The van der Waals surface area contributed by atoms with E-state index in [1.807, 2.05) is 30.3 Å². The summed E-state index contributed by atoms with van der Waals surface area (Å²) in [5, 5.41) is 7.46. The van der Waals surface area contributed by atoms with Gasteiger partial charge in [0.1, 0.15) is 4.90 Å². The van der Waals surface area contributed by atoms with E-state index in [1.54, 1.807) is 18.5 Å². The quantitative estimate of drug-likeness (QED) is 0.718. The number of quaternary nitrogens is 1. The summed E-state index contributed by atoms with van der Waals surface area (Å²) in [7, 11) is -0.461. The Morgan fingerprint density at radius 3 is 2.41 bits per heavy atom. The molecule has 0 radical (unpaired) electrons. The van der Waals surface area contributed by atoms with Crippen LogP contribution in [0.2, 0.25) is 0 Å². The van der Waals surface area contributed by atoms with Crippen molar-refractivity contribution in [3.8, 4) is 0 Å². The summed E-state index contributed by atoms with van der Waals surface area (Å²) in [5.74, 6) is 0.0739. The first-order valence-corrected chi connectivity index (χ1v) is 11.3. The van der Waals surface area contributed by atoms with E-state index in [2.05, 4.69) is 10.4 Å². The van der Waals surface area contributed by atoms with Crippen LogP contribution in [0, 0.1) is 19.8 Å². The fourth-order valence-corrected chi connectivity index (χ4v) is 5.07. The molecule has 0 bridgehead atoms. The lowest BCUT2D eigenvalue weighted by atomic mass is 9.96. The molecule has 0 saturated carbocycles. The van der Waals surface area contributed by atoms with Crippen molar-refractivity contribution in [1.29, 1.82) is 0 Å². The maximum absolute atomic E-state index is 12.6. The standard InChI is InChI=1S/C20H29N5O3S/c1-15-19(29(27,28)23(3)4)16(2)25(22-15)14-24-12-10-17(11-13-24)20(26)21-18-8-6-5-7-9-18/h5-9,17H,10-14H2,1-4H3,(H,21,26)/p+1. The van der Waals surface area contributed by atoms with E-state index in [1.165, 1.54) is 23.3 Å². The monoisotopic (exact) mass is 420 g/mol. The number of carbonyl (C=O) groups is 1. The number of aryl methyl sites for hydroxylation is 1. The summed E-state index contributed by atoms with van der Waals surface area (Å²) in [5.41, 5.74) is 2.00. The van der Waals surface area contributed by atoms with Crippen LogP contribution in [0.3, 0.4) is 0 Å². The summed E-state index contributed by atoms with van der Waals surface area (Å²) in [6.07, 6.45) is 1.60. The normalized spacial score (nSPS) is 20.0. The Kier molecular flexibility index (Phi) is 6.40. The van der Waals surface area contributed by atoms with E-state index in [0.717, 1.165) is 31.6 Å². The predicted octanol–water partition coefficient (Wildman–Crippen LogP) is 0.641. The molecule has 2 N–H and O–H groups in total. The molecule has 1 amide bonds. The number of benzene rings is 1. The molecule has 0 aliphatic carbocycles. The second-order valence-electron chi connectivity index (χ2n) is 7.82. The van der Waals surface area contributed by atoms with Crippen molar-refractivity contribution < 1.29 is 18.1 Å². The Balaban J connectivity index is 1.61. The number of hydrogen-bond acceptors (Lipinski definition) is 4. The molecule has 0 atom stereocenters. The van der Waals surface area contributed by atoms with E-state index in [4.69, 9.17) is 0 Å². The van der Waals surface area contributed by atoms with E-state index in [9.17, 15) is 13.2 Å². The summed E-state index contributed by atoms with van der Waals surface area (Å²) in [4.78, 5) is 14.1. The first-order valence-electron chi connectivity index (χ1n) is 9.86. The minimum Gasteiger partial charge on any atom is -0.326 e. The van der Waals surface area contributed by atoms with Gasteiger partial charge in [0.2, 0.25) is 15.9 Å². The average Bonchev–Trinajstić information content (AvgIpc) is 2.96. The molecule has 0 unspecified atom stereocenters. The highest BCUT2D eigenvalue weighted by Gasteiger charge is 2.30. The van der Waals surface area contributed by atoms with E-state index in [0.29, 0.717) is 23.0 Å².